The Hall–Kier alpha value is -2.37. The highest BCUT2D eigenvalue weighted by Gasteiger charge is 2.41. The fraction of sp³-hybridized carbons (Fsp3) is 0.524. The topological polar surface area (TPSA) is 45.5 Å². The Morgan fingerprint density at radius 1 is 1.37 bits per heavy atom. The van der Waals surface area contributed by atoms with Crippen LogP contribution in [0.4, 0.5) is 4.39 Å². The molecule has 27 heavy (non-hydrogen) atoms. The fourth-order valence-corrected chi connectivity index (χ4v) is 4.12. The van der Waals surface area contributed by atoms with Gasteiger partial charge in [-0.1, -0.05) is 25.1 Å². The smallest absolute Gasteiger partial charge is 0.194 e. The average Bonchev–Trinajstić information content (AvgIpc) is 3.21. The van der Waals surface area contributed by atoms with Gasteiger partial charge in [0.25, 0.3) is 0 Å². The molecule has 4 unspecified atom stereocenters. The minimum atomic E-state index is -0.104. The van der Waals surface area contributed by atoms with E-state index in [9.17, 15) is 4.39 Å². The van der Waals surface area contributed by atoms with Crippen molar-refractivity contribution in [2.45, 2.75) is 44.7 Å². The zero-order valence-electron chi connectivity index (χ0n) is 16.1. The molecule has 2 aromatic rings. The van der Waals surface area contributed by atoms with Gasteiger partial charge in [0.2, 0.25) is 0 Å². The Morgan fingerprint density at radius 2 is 2.22 bits per heavy atom. The average molecular weight is 369 g/mol. The summed E-state index contributed by atoms with van der Waals surface area (Å²) in [6, 6.07) is 7.77. The van der Waals surface area contributed by atoms with E-state index in [0.29, 0.717) is 12.0 Å². The first-order valence-corrected chi connectivity index (χ1v) is 9.95. The van der Waals surface area contributed by atoms with Gasteiger partial charge in [0.1, 0.15) is 5.82 Å². The van der Waals surface area contributed by atoms with Crippen molar-refractivity contribution in [1.29, 1.82) is 0 Å². The first-order chi connectivity index (χ1) is 13.2. The highest BCUT2D eigenvalue weighted by Crippen LogP contribution is 2.42. The van der Waals surface area contributed by atoms with E-state index >= 15 is 0 Å². The molecule has 5 nitrogen and oxygen atoms in total. The number of hydrogen-bond donors (Lipinski definition) is 1. The normalized spacial score (nSPS) is 28.3. The van der Waals surface area contributed by atoms with Crippen LogP contribution in [0.15, 0.2) is 48.0 Å². The van der Waals surface area contributed by atoms with Crippen LogP contribution in [-0.2, 0) is 0 Å². The van der Waals surface area contributed by atoms with Gasteiger partial charge in [-0.15, -0.1) is 0 Å². The summed E-state index contributed by atoms with van der Waals surface area (Å²) in [5, 5.41) is 3.60. The highest BCUT2D eigenvalue weighted by atomic mass is 19.1. The summed E-state index contributed by atoms with van der Waals surface area (Å²) >= 11 is 0. The minimum absolute atomic E-state index is 0.104. The maximum atomic E-state index is 14.1. The molecule has 4 atom stereocenters. The van der Waals surface area contributed by atoms with E-state index in [-0.39, 0.29) is 17.8 Å². The lowest BCUT2D eigenvalue weighted by atomic mass is 9.93. The van der Waals surface area contributed by atoms with Gasteiger partial charge in [0, 0.05) is 44.0 Å². The number of nitrogens with one attached hydrogen (secondary N) is 1. The molecule has 1 aromatic carbocycles. The van der Waals surface area contributed by atoms with Crippen molar-refractivity contribution in [2.24, 2.45) is 10.9 Å². The number of aliphatic imine (C=N–C) groups is 1. The van der Waals surface area contributed by atoms with Crippen molar-refractivity contribution in [3.05, 3.63) is 54.4 Å². The zero-order chi connectivity index (χ0) is 18.8. The molecule has 2 fully saturated rings. The van der Waals surface area contributed by atoms with Crippen LogP contribution in [0.25, 0.3) is 0 Å². The molecule has 1 aromatic heterocycles. The lowest BCUT2D eigenvalue weighted by Gasteiger charge is -2.39. The van der Waals surface area contributed by atoms with E-state index in [1.165, 1.54) is 0 Å². The third-order valence-corrected chi connectivity index (χ3v) is 5.84. The Morgan fingerprint density at radius 3 is 2.96 bits per heavy atom. The summed E-state index contributed by atoms with van der Waals surface area (Å²) in [6.45, 7) is 7.01. The maximum Gasteiger partial charge on any atom is 0.194 e. The van der Waals surface area contributed by atoms with E-state index in [0.717, 1.165) is 44.0 Å². The SMILES string of the molecule is CCN=C(NC1CC1c1ccccc1F)N1CCC(C)C(n2ccnc2)C1. The first-order valence-electron chi connectivity index (χ1n) is 9.95. The number of guanidine groups is 1. The molecule has 4 rings (SSSR count). The predicted molar refractivity (Wildman–Crippen MR) is 105 cm³/mol. The molecule has 0 radical (unpaired) electrons. The molecule has 1 aliphatic heterocycles. The zero-order valence-corrected chi connectivity index (χ0v) is 16.1. The van der Waals surface area contributed by atoms with Gasteiger partial charge in [-0.3, -0.25) is 4.99 Å². The fourth-order valence-electron chi connectivity index (χ4n) is 4.12. The second-order valence-corrected chi connectivity index (χ2v) is 7.70. The Balaban J connectivity index is 1.44. The summed E-state index contributed by atoms with van der Waals surface area (Å²) in [4.78, 5) is 11.3. The molecule has 2 aliphatic rings. The van der Waals surface area contributed by atoms with Crippen LogP contribution in [0.2, 0.25) is 0 Å². The van der Waals surface area contributed by atoms with Gasteiger partial charge >= 0.3 is 0 Å². The molecular weight excluding hydrogens is 341 g/mol. The second kappa shape index (κ2) is 7.71. The van der Waals surface area contributed by atoms with Crippen molar-refractivity contribution in [3.63, 3.8) is 0 Å². The van der Waals surface area contributed by atoms with Gasteiger partial charge in [-0.05, 0) is 37.3 Å². The van der Waals surface area contributed by atoms with E-state index in [1.54, 1.807) is 12.1 Å². The molecule has 1 saturated heterocycles. The number of likely N-dealkylation sites (tertiary alicyclic amines) is 1. The summed E-state index contributed by atoms with van der Waals surface area (Å²) in [6.07, 6.45) is 7.87. The summed E-state index contributed by atoms with van der Waals surface area (Å²) in [5.74, 6) is 1.69. The molecule has 0 amide bonds. The Kier molecular flexibility index (Phi) is 5.14. The summed E-state index contributed by atoms with van der Waals surface area (Å²) in [5.41, 5.74) is 0.814. The molecule has 1 aliphatic carbocycles. The number of aromatic nitrogens is 2. The largest absolute Gasteiger partial charge is 0.353 e. The molecule has 1 saturated carbocycles. The molecule has 0 bridgehead atoms. The summed E-state index contributed by atoms with van der Waals surface area (Å²) in [7, 11) is 0. The van der Waals surface area contributed by atoms with Crippen LogP contribution in [0, 0.1) is 11.7 Å². The minimum Gasteiger partial charge on any atom is -0.353 e. The van der Waals surface area contributed by atoms with Gasteiger partial charge in [-0.25, -0.2) is 9.37 Å². The third-order valence-electron chi connectivity index (χ3n) is 5.84. The monoisotopic (exact) mass is 369 g/mol. The van der Waals surface area contributed by atoms with Crippen LogP contribution < -0.4 is 5.32 Å². The molecule has 144 valence electrons. The van der Waals surface area contributed by atoms with Crippen molar-refractivity contribution >= 4 is 5.96 Å². The Labute approximate surface area is 160 Å². The van der Waals surface area contributed by atoms with Crippen LogP contribution >= 0.6 is 0 Å². The molecule has 2 heterocycles. The summed E-state index contributed by atoms with van der Waals surface area (Å²) < 4.78 is 16.3. The van der Waals surface area contributed by atoms with Crippen molar-refractivity contribution in [2.75, 3.05) is 19.6 Å². The standard InChI is InChI=1S/C21H28FN5/c1-3-24-21(25-19-12-17(19)16-6-4-5-7-18(16)22)26-10-8-15(2)20(13-26)27-11-9-23-14-27/h4-7,9,11,14-15,17,19-20H,3,8,10,12-13H2,1-2H3,(H,24,25). The van der Waals surface area contributed by atoms with Crippen LogP contribution in [-0.4, -0.2) is 46.1 Å². The van der Waals surface area contributed by atoms with Crippen molar-refractivity contribution in [1.82, 2.24) is 19.8 Å². The molecule has 6 heteroatoms. The van der Waals surface area contributed by atoms with Crippen LogP contribution in [0.5, 0.6) is 0 Å². The van der Waals surface area contributed by atoms with Gasteiger partial charge in [-0.2, -0.15) is 0 Å². The van der Waals surface area contributed by atoms with E-state index in [4.69, 9.17) is 4.99 Å². The van der Waals surface area contributed by atoms with E-state index in [2.05, 4.69) is 33.6 Å². The van der Waals surface area contributed by atoms with Crippen molar-refractivity contribution < 1.29 is 4.39 Å². The number of rotatable bonds is 4. The predicted octanol–water partition coefficient (Wildman–Crippen LogP) is 3.43. The number of halogens is 1. The van der Waals surface area contributed by atoms with Gasteiger partial charge in [0.05, 0.1) is 12.4 Å². The highest BCUT2D eigenvalue weighted by molar-refractivity contribution is 5.81. The van der Waals surface area contributed by atoms with Crippen LogP contribution in [0.3, 0.4) is 0 Å². The number of piperidine rings is 1. The quantitative estimate of drug-likeness (QED) is 0.663. The van der Waals surface area contributed by atoms with Gasteiger partial charge < -0.3 is 14.8 Å². The lowest BCUT2D eigenvalue weighted by Crippen LogP contribution is -2.49. The van der Waals surface area contributed by atoms with E-state index in [1.807, 2.05) is 30.9 Å². The number of imidazole rings is 1. The number of benzene rings is 1. The van der Waals surface area contributed by atoms with Crippen molar-refractivity contribution in [3.8, 4) is 0 Å². The third kappa shape index (κ3) is 3.84. The Bertz CT molecular complexity index is 788. The molecular formula is C21H28FN5. The lowest BCUT2D eigenvalue weighted by molar-refractivity contribution is 0.188. The second-order valence-electron chi connectivity index (χ2n) is 7.70. The first kappa shape index (κ1) is 18.0. The van der Waals surface area contributed by atoms with Gasteiger partial charge in [0.15, 0.2) is 5.96 Å². The number of nitrogens with zero attached hydrogens (tertiary/aromatic N) is 4. The molecule has 0 spiro atoms. The maximum absolute atomic E-state index is 14.1. The van der Waals surface area contributed by atoms with Crippen LogP contribution in [0.1, 0.15) is 44.2 Å². The molecule has 1 N–H and O–H groups in total. The van der Waals surface area contributed by atoms with E-state index < -0.39 is 0 Å². The number of hydrogen-bond acceptors (Lipinski definition) is 2.